The van der Waals surface area contributed by atoms with Crippen molar-refractivity contribution in [2.24, 2.45) is 0 Å². The molecule has 0 atom stereocenters. The standard InChI is InChI=1S/2C9H20N2.2Cr.4H2O.8O/c2*1-8(2)5-7(10)6-9(3,4)11-8;;;;;;;;;;;;;;/h2*7,11H,5-6,10H2,1-4H3;;;4*1H2;;;;;;;;/q;;2*+6;;;;;8*-2/p+4. The second-order valence-corrected chi connectivity index (χ2v) is 10.8. The van der Waals surface area contributed by atoms with Gasteiger partial charge in [0.15, 0.2) is 0 Å². The minimum atomic E-state index is 0. The van der Waals surface area contributed by atoms with Crippen LogP contribution < -0.4 is 22.1 Å². The number of quaternary nitrogens is 4. The van der Waals surface area contributed by atoms with Crippen molar-refractivity contribution in [3.63, 3.8) is 0 Å². The van der Waals surface area contributed by atoms with Crippen LogP contribution in [0.1, 0.15) is 81.1 Å². The SMILES string of the molecule is CC1(C)CC([NH3+])CC(C)(C)[NH2+]1.CC1(C)CC([NH3+])CC(C)(C)[NH2+]1.O.O.O.O.[Cr+6].[Cr+6].[O-2].[O-2].[O-2].[O-2].[O-2].[O-2].[O-2].[O-2]. The van der Waals surface area contributed by atoms with E-state index in [4.69, 9.17) is 0 Å². The van der Waals surface area contributed by atoms with E-state index in [1.807, 2.05) is 0 Å². The van der Waals surface area contributed by atoms with E-state index < -0.39 is 0 Å². The van der Waals surface area contributed by atoms with Crippen molar-refractivity contribution in [1.82, 2.24) is 0 Å². The Bertz CT molecular complexity index is 346. The van der Waals surface area contributed by atoms with Crippen molar-refractivity contribution in [3.05, 3.63) is 0 Å². The van der Waals surface area contributed by atoms with Gasteiger partial charge in [0, 0.05) is 0 Å². The molecule has 0 amide bonds. The summed E-state index contributed by atoms with van der Waals surface area (Å²) in [5.41, 5.74) is 9.93. The Morgan fingerprint density at radius 2 is 0.528 bits per heavy atom. The van der Waals surface area contributed by atoms with Gasteiger partial charge in [-0.2, -0.15) is 0 Å². The maximum Gasteiger partial charge on any atom is 6.00 e. The zero-order valence-corrected chi connectivity index (χ0v) is 25.2. The zero-order valence-electron chi connectivity index (χ0n) is 22.6. The summed E-state index contributed by atoms with van der Waals surface area (Å²) in [6.45, 7) is 18.5. The second-order valence-electron chi connectivity index (χ2n) is 10.8. The molecule has 2 saturated heterocycles. The smallest absolute Gasteiger partial charge is 2.00 e. The Hall–Kier alpha value is 0.425. The minimum absolute atomic E-state index is 0. The molecular weight excluding hydrogens is 568 g/mol. The average Bonchev–Trinajstić information content (AvgIpc) is 2.03. The van der Waals surface area contributed by atoms with Gasteiger partial charge in [-0.3, -0.25) is 0 Å². The first-order chi connectivity index (χ1) is 9.62. The summed E-state index contributed by atoms with van der Waals surface area (Å²) in [6.07, 6.45) is 4.99. The molecule has 0 saturated carbocycles. The maximum absolute atomic E-state index is 4.17. The normalized spacial score (nSPS) is 18.5. The van der Waals surface area contributed by atoms with Crippen molar-refractivity contribution in [1.29, 1.82) is 0 Å². The number of piperidine rings is 2. The topological polar surface area (TPSA) is 442 Å². The average molecular weight is 621 g/mol. The molecule has 16 nitrogen and oxygen atoms in total. The van der Waals surface area contributed by atoms with Crippen LogP contribution in [0, 0.1) is 0 Å². The first-order valence-corrected chi connectivity index (χ1v) is 9.02. The molecule has 228 valence electrons. The van der Waals surface area contributed by atoms with Gasteiger partial charge in [0.1, 0.15) is 0 Å². The molecule has 2 aliphatic rings. The van der Waals surface area contributed by atoms with Gasteiger partial charge in [-0.15, -0.1) is 0 Å². The molecule has 0 aromatic rings. The first kappa shape index (κ1) is 90.9. The Labute approximate surface area is 237 Å². The van der Waals surface area contributed by atoms with Crippen molar-refractivity contribution in [2.75, 3.05) is 0 Å². The summed E-state index contributed by atoms with van der Waals surface area (Å²) in [7, 11) is 0. The summed E-state index contributed by atoms with van der Waals surface area (Å²) >= 11 is 0. The molecule has 36 heavy (non-hydrogen) atoms. The molecule has 2 heterocycles. The van der Waals surface area contributed by atoms with Crippen LogP contribution in [-0.2, 0) is 78.5 Å². The monoisotopic (exact) mass is 620 g/mol. The van der Waals surface area contributed by atoms with Crippen LogP contribution in [0.4, 0.5) is 0 Å². The molecular formula is C18H52Cr2N4O12. The van der Waals surface area contributed by atoms with Gasteiger partial charge in [-0.1, -0.05) is 0 Å². The molecule has 0 unspecified atom stereocenters. The van der Waals surface area contributed by atoms with Crippen molar-refractivity contribution >= 4 is 0 Å². The summed E-state index contributed by atoms with van der Waals surface area (Å²) in [5.74, 6) is 0. The van der Waals surface area contributed by atoms with Crippen LogP contribution in [-0.4, -0.2) is 56.1 Å². The maximum atomic E-state index is 4.17. The van der Waals surface area contributed by atoms with Gasteiger partial charge in [0.05, 0.1) is 59.9 Å². The van der Waals surface area contributed by atoms with Crippen molar-refractivity contribution in [2.45, 2.75) is 115 Å². The van der Waals surface area contributed by atoms with E-state index in [0.717, 1.165) is 0 Å². The fraction of sp³-hybridized carbons (Fsp3) is 1.00. The molecule has 0 aliphatic carbocycles. The molecule has 18 N–H and O–H groups in total. The number of nitrogens with two attached hydrogens (primary N) is 2. The quantitative estimate of drug-likeness (QED) is 0.197. The molecule has 2 fully saturated rings. The van der Waals surface area contributed by atoms with E-state index in [2.05, 4.69) is 77.5 Å². The van der Waals surface area contributed by atoms with Crippen LogP contribution in [0.2, 0.25) is 0 Å². The van der Waals surface area contributed by atoms with Gasteiger partial charge in [-0.05, 0) is 55.4 Å². The van der Waals surface area contributed by atoms with Crippen LogP contribution in [0.3, 0.4) is 0 Å². The first-order valence-electron chi connectivity index (χ1n) is 9.02. The van der Waals surface area contributed by atoms with Gasteiger partial charge >= 0.3 is 34.7 Å². The van der Waals surface area contributed by atoms with Crippen LogP contribution in [0.15, 0.2) is 0 Å². The van der Waals surface area contributed by atoms with Crippen LogP contribution in [0.25, 0.3) is 0 Å². The minimum Gasteiger partial charge on any atom is -2.00 e. The third kappa shape index (κ3) is 36.6. The molecule has 0 spiro atoms. The van der Waals surface area contributed by atoms with Crippen LogP contribution >= 0.6 is 0 Å². The predicted octanol–water partition coefficient (Wildman–Crippen LogP) is -5.23. The Morgan fingerprint density at radius 3 is 0.611 bits per heavy atom. The van der Waals surface area contributed by atoms with Gasteiger partial charge in [0.25, 0.3) is 0 Å². The second kappa shape index (κ2) is 31.6. The number of rotatable bonds is 0. The van der Waals surface area contributed by atoms with E-state index in [1.165, 1.54) is 25.7 Å². The van der Waals surface area contributed by atoms with E-state index in [-0.39, 0.29) is 100 Å². The Morgan fingerprint density at radius 1 is 0.417 bits per heavy atom. The van der Waals surface area contributed by atoms with Crippen molar-refractivity contribution < 1.29 is 123 Å². The predicted molar refractivity (Wildman–Crippen MR) is 112 cm³/mol. The van der Waals surface area contributed by atoms with Gasteiger partial charge in [-0.25, -0.2) is 0 Å². The molecule has 0 aromatic carbocycles. The number of hydrogen-bond acceptors (Lipinski definition) is 0. The summed E-state index contributed by atoms with van der Waals surface area (Å²) < 4.78 is 0. The number of hydrogen-bond donors (Lipinski definition) is 4. The Balaban J connectivity index is -0.0000000161. The largest absolute Gasteiger partial charge is 6.00 e. The summed E-state index contributed by atoms with van der Waals surface area (Å²) in [4.78, 5) is 0. The van der Waals surface area contributed by atoms with Gasteiger partial charge < -0.3 is 87.8 Å². The van der Waals surface area contributed by atoms with Crippen LogP contribution in [0.5, 0.6) is 0 Å². The molecule has 0 aromatic heterocycles. The molecule has 0 radical (unpaired) electrons. The fourth-order valence-electron chi connectivity index (χ4n) is 5.47. The van der Waals surface area contributed by atoms with Crippen molar-refractivity contribution in [3.8, 4) is 0 Å². The van der Waals surface area contributed by atoms with E-state index in [9.17, 15) is 0 Å². The Kier molecular flexibility index (Phi) is 79.9. The molecule has 0 bridgehead atoms. The fourth-order valence-corrected chi connectivity index (χ4v) is 5.47. The van der Waals surface area contributed by atoms with E-state index in [0.29, 0.717) is 34.2 Å². The van der Waals surface area contributed by atoms with E-state index in [1.54, 1.807) is 0 Å². The molecule has 18 heteroatoms. The summed E-state index contributed by atoms with van der Waals surface area (Å²) in [5, 5.41) is 4.98. The summed E-state index contributed by atoms with van der Waals surface area (Å²) in [6, 6.07) is 1.29. The molecule has 2 rings (SSSR count). The third-order valence-electron chi connectivity index (χ3n) is 4.82. The third-order valence-corrected chi connectivity index (χ3v) is 4.82. The van der Waals surface area contributed by atoms with Gasteiger partial charge in [0.2, 0.25) is 0 Å². The zero-order chi connectivity index (χ0) is 17.4. The van der Waals surface area contributed by atoms with E-state index >= 15 is 0 Å². The molecule has 2 aliphatic heterocycles.